The van der Waals surface area contributed by atoms with Crippen LogP contribution in [0.4, 0.5) is 0 Å². The molecule has 14 heavy (non-hydrogen) atoms. The van der Waals surface area contributed by atoms with Crippen molar-refractivity contribution < 1.29 is 4.79 Å². The minimum atomic E-state index is -0.0403. The molecule has 1 rings (SSSR count). The van der Waals surface area contributed by atoms with E-state index < -0.39 is 0 Å². The highest BCUT2D eigenvalue weighted by atomic mass is 127. The second-order valence-electron chi connectivity index (χ2n) is 2.88. The van der Waals surface area contributed by atoms with Gasteiger partial charge >= 0.3 is 0 Å². The van der Waals surface area contributed by atoms with Gasteiger partial charge in [-0.05, 0) is 40.8 Å². The molecular weight excluding hydrogens is 289 g/mol. The van der Waals surface area contributed by atoms with E-state index in [2.05, 4.69) is 28.5 Å². The zero-order chi connectivity index (χ0) is 10.6. The molecule has 1 aromatic rings. The number of terminal acetylenes is 1. The van der Waals surface area contributed by atoms with Gasteiger partial charge in [0.15, 0.2) is 0 Å². The lowest BCUT2D eigenvalue weighted by Gasteiger charge is -2.13. The highest BCUT2D eigenvalue weighted by Crippen LogP contribution is 2.09. The molecule has 0 N–H and O–H groups in total. The number of amides is 1. The standard InChI is InChI=1S/C11H10INO/c1-3-7-13(2)11(14)9-5-4-6-10(12)8-9/h1,4-6,8H,7H2,2H3. The van der Waals surface area contributed by atoms with Crippen LogP contribution in [0, 0.1) is 15.9 Å². The van der Waals surface area contributed by atoms with Crippen LogP contribution >= 0.6 is 22.6 Å². The molecule has 2 nitrogen and oxygen atoms in total. The summed E-state index contributed by atoms with van der Waals surface area (Å²) in [7, 11) is 1.70. The van der Waals surface area contributed by atoms with Crippen LogP contribution in [0.3, 0.4) is 0 Å². The summed E-state index contributed by atoms with van der Waals surface area (Å²) in [6.45, 7) is 0.338. The third kappa shape index (κ3) is 2.74. The third-order valence-electron chi connectivity index (χ3n) is 1.75. The lowest BCUT2D eigenvalue weighted by molar-refractivity contribution is 0.0812. The van der Waals surface area contributed by atoms with Gasteiger partial charge < -0.3 is 4.90 Å². The van der Waals surface area contributed by atoms with Gasteiger partial charge in [0.1, 0.15) is 0 Å². The van der Waals surface area contributed by atoms with Crippen LogP contribution in [0.25, 0.3) is 0 Å². The van der Waals surface area contributed by atoms with Crippen LogP contribution in [-0.2, 0) is 0 Å². The summed E-state index contributed by atoms with van der Waals surface area (Å²) in [6.07, 6.45) is 5.13. The molecule has 1 aromatic carbocycles. The van der Waals surface area contributed by atoms with Gasteiger partial charge in [-0.2, -0.15) is 0 Å². The first-order valence-electron chi connectivity index (χ1n) is 4.09. The summed E-state index contributed by atoms with van der Waals surface area (Å²) < 4.78 is 1.04. The molecule has 72 valence electrons. The van der Waals surface area contributed by atoms with E-state index in [-0.39, 0.29) is 5.91 Å². The van der Waals surface area contributed by atoms with E-state index in [1.165, 1.54) is 4.90 Å². The first kappa shape index (κ1) is 11.1. The molecule has 0 bridgehead atoms. The number of benzene rings is 1. The van der Waals surface area contributed by atoms with Gasteiger partial charge in [-0.25, -0.2) is 0 Å². The van der Waals surface area contributed by atoms with Crippen molar-refractivity contribution in [3.63, 3.8) is 0 Å². The molecule has 0 aromatic heterocycles. The van der Waals surface area contributed by atoms with Gasteiger partial charge in [-0.3, -0.25) is 4.79 Å². The molecule has 3 heteroatoms. The zero-order valence-electron chi connectivity index (χ0n) is 7.83. The first-order chi connectivity index (χ1) is 6.65. The Balaban J connectivity index is 2.85. The molecule has 0 aliphatic carbocycles. The van der Waals surface area contributed by atoms with Gasteiger partial charge in [0.2, 0.25) is 0 Å². The largest absolute Gasteiger partial charge is 0.331 e. The second-order valence-corrected chi connectivity index (χ2v) is 4.12. The van der Waals surface area contributed by atoms with E-state index in [1.807, 2.05) is 18.2 Å². The first-order valence-corrected chi connectivity index (χ1v) is 5.17. The van der Waals surface area contributed by atoms with Crippen molar-refractivity contribution >= 4 is 28.5 Å². The van der Waals surface area contributed by atoms with E-state index in [4.69, 9.17) is 6.42 Å². The lowest BCUT2D eigenvalue weighted by Crippen LogP contribution is -2.26. The molecule has 0 fully saturated rings. The topological polar surface area (TPSA) is 20.3 Å². The highest BCUT2D eigenvalue weighted by molar-refractivity contribution is 14.1. The quantitative estimate of drug-likeness (QED) is 0.604. The van der Waals surface area contributed by atoms with E-state index in [1.54, 1.807) is 13.1 Å². The maximum absolute atomic E-state index is 11.7. The molecule has 0 aliphatic rings. The summed E-state index contributed by atoms with van der Waals surface area (Å²) >= 11 is 2.17. The van der Waals surface area contributed by atoms with Crippen molar-refractivity contribution in [2.45, 2.75) is 0 Å². The fourth-order valence-corrected chi connectivity index (χ4v) is 1.59. The summed E-state index contributed by atoms with van der Waals surface area (Å²) in [6, 6.07) is 7.44. The summed E-state index contributed by atoms with van der Waals surface area (Å²) in [5.41, 5.74) is 0.676. The van der Waals surface area contributed by atoms with E-state index >= 15 is 0 Å². The van der Waals surface area contributed by atoms with E-state index in [0.29, 0.717) is 12.1 Å². The second kappa shape index (κ2) is 5.01. The number of carbonyl (C=O) groups is 1. The molecular formula is C11H10INO. The average Bonchev–Trinajstić information content (AvgIpc) is 2.17. The minimum absolute atomic E-state index is 0.0403. The molecule has 0 radical (unpaired) electrons. The fraction of sp³-hybridized carbons (Fsp3) is 0.182. The van der Waals surface area contributed by atoms with Crippen LogP contribution < -0.4 is 0 Å². The van der Waals surface area contributed by atoms with Crippen LogP contribution in [0.5, 0.6) is 0 Å². The van der Waals surface area contributed by atoms with Gasteiger partial charge in [0, 0.05) is 16.2 Å². The Morgan fingerprint density at radius 2 is 2.36 bits per heavy atom. The number of rotatable bonds is 2. The molecule has 0 heterocycles. The molecule has 0 unspecified atom stereocenters. The summed E-state index contributed by atoms with van der Waals surface area (Å²) in [4.78, 5) is 13.2. The van der Waals surface area contributed by atoms with Crippen molar-refractivity contribution in [3.05, 3.63) is 33.4 Å². The Bertz CT molecular complexity index is 381. The van der Waals surface area contributed by atoms with Crippen LogP contribution in [0.2, 0.25) is 0 Å². The molecule has 0 atom stereocenters. The Labute approximate surface area is 97.4 Å². The molecule has 0 saturated carbocycles. The van der Waals surface area contributed by atoms with Crippen molar-refractivity contribution in [2.24, 2.45) is 0 Å². The van der Waals surface area contributed by atoms with Gasteiger partial charge in [0.05, 0.1) is 6.54 Å². The number of nitrogens with zero attached hydrogens (tertiary/aromatic N) is 1. The van der Waals surface area contributed by atoms with Crippen molar-refractivity contribution in [1.82, 2.24) is 4.90 Å². The molecule has 1 amide bonds. The van der Waals surface area contributed by atoms with Crippen LogP contribution in [-0.4, -0.2) is 24.4 Å². The Hall–Kier alpha value is -1.02. The summed E-state index contributed by atoms with van der Waals surface area (Å²) in [5.74, 6) is 2.40. The fourth-order valence-electron chi connectivity index (χ4n) is 1.05. The van der Waals surface area contributed by atoms with Crippen molar-refractivity contribution in [1.29, 1.82) is 0 Å². The van der Waals surface area contributed by atoms with E-state index in [9.17, 15) is 4.79 Å². The van der Waals surface area contributed by atoms with Crippen molar-refractivity contribution in [2.75, 3.05) is 13.6 Å². The molecule has 0 saturated heterocycles. The Kier molecular flexibility index (Phi) is 3.96. The highest BCUT2D eigenvalue weighted by Gasteiger charge is 2.09. The molecule has 0 aliphatic heterocycles. The predicted octanol–water partition coefficient (Wildman–Crippen LogP) is 2.00. The average molecular weight is 299 g/mol. The number of halogens is 1. The van der Waals surface area contributed by atoms with Gasteiger partial charge in [-0.15, -0.1) is 6.42 Å². The maximum Gasteiger partial charge on any atom is 0.254 e. The smallest absolute Gasteiger partial charge is 0.254 e. The number of hydrogen-bond donors (Lipinski definition) is 0. The lowest BCUT2D eigenvalue weighted by atomic mass is 10.2. The van der Waals surface area contributed by atoms with Gasteiger partial charge in [0.25, 0.3) is 5.91 Å². The van der Waals surface area contributed by atoms with Gasteiger partial charge in [-0.1, -0.05) is 12.0 Å². The maximum atomic E-state index is 11.7. The van der Waals surface area contributed by atoms with E-state index in [0.717, 1.165) is 3.57 Å². The van der Waals surface area contributed by atoms with Crippen LogP contribution in [0.1, 0.15) is 10.4 Å². The van der Waals surface area contributed by atoms with Crippen LogP contribution in [0.15, 0.2) is 24.3 Å². The molecule has 0 spiro atoms. The minimum Gasteiger partial charge on any atom is -0.331 e. The SMILES string of the molecule is C#CCN(C)C(=O)c1cccc(I)c1. The summed E-state index contributed by atoms with van der Waals surface area (Å²) in [5, 5.41) is 0. The Morgan fingerprint density at radius 1 is 1.64 bits per heavy atom. The zero-order valence-corrected chi connectivity index (χ0v) is 9.98. The normalized spacial score (nSPS) is 9.21. The number of carbonyl (C=O) groups excluding carboxylic acids is 1. The monoisotopic (exact) mass is 299 g/mol. The number of hydrogen-bond acceptors (Lipinski definition) is 1. The van der Waals surface area contributed by atoms with Crippen molar-refractivity contribution in [3.8, 4) is 12.3 Å². The third-order valence-corrected chi connectivity index (χ3v) is 2.42. The predicted molar refractivity (Wildman–Crippen MR) is 65.0 cm³/mol. The Morgan fingerprint density at radius 3 is 2.93 bits per heavy atom.